The fourth-order valence-electron chi connectivity index (χ4n) is 2.29. The van der Waals surface area contributed by atoms with Crippen molar-refractivity contribution in [3.05, 3.63) is 27.8 Å². The number of hydrogen-bond donors (Lipinski definition) is 1. The second kappa shape index (κ2) is 7.04. The largest absolute Gasteiger partial charge is 0.507 e. The topological polar surface area (TPSA) is 20.2 Å². The van der Waals surface area contributed by atoms with Crippen LogP contribution in [0.3, 0.4) is 0 Å². The van der Waals surface area contributed by atoms with Gasteiger partial charge in [0.15, 0.2) is 0 Å². The Hall–Kier alpha value is -0.690. The van der Waals surface area contributed by atoms with Crippen LogP contribution in [-0.4, -0.2) is 5.11 Å². The van der Waals surface area contributed by atoms with Gasteiger partial charge in [-0.1, -0.05) is 51.1 Å². The Kier molecular flexibility index (Phi) is 6.01. The van der Waals surface area contributed by atoms with Gasteiger partial charge in [0.1, 0.15) is 5.75 Å². The average molecular weight is 269 g/mol. The Morgan fingerprint density at radius 3 is 2.44 bits per heavy atom. The molecule has 0 bridgehead atoms. The fourth-order valence-corrected chi connectivity index (χ4v) is 2.55. The van der Waals surface area contributed by atoms with Crippen molar-refractivity contribution in [1.82, 2.24) is 0 Å². The zero-order chi connectivity index (χ0) is 13.7. The zero-order valence-corrected chi connectivity index (χ0v) is 12.8. The van der Waals surface area contributed by atoms with Crippen LogP contribution in [0.25, 0.3) is 0 Å². The molecule has 1 unspecified atom stereocenters. The number of halogens is 1. The van der Waals surface area contributed by atoms with Gasteiger partial charge in [-0.05, 0) is 48.9 Å². The highest BCUT2D eigenvalue weighted by Gasteiger charge is 2.15. The van der Waals surface area contributed by atoms with Crippen molar-refractivity contribution < 1.29 is 5.11 Å². The summed E-state index contributed by atoms with van der Waals surface area (Å²) in [6.45, 7) is 8.28. The van der Waals surface area contributed by atoms with Crippen LogP contribution >= 0.6 is 11.6 Å². The van der Waals surface area contributed by atoms with Crippen molar-refractivity contribution in [2.75, 3.05) is 0 Å². The van der Waals surface area contributed by atoms with Crippen molar-refractivity contribution >= 4 is 11.6 Å². The molecule has 0 aliphatic carbocycles. The molecule has 0 aromatic heterocycles. The summed E-state index contributed by atoms with van der Waals surface area (Å²) >= 11 is 6.21. The first-order valence-electron chi connectivity index (χ1n) is 6.97. The summed E-state index contributed by atoms with van der Waals surface area (Å²) in [7, 11) is 0. The summed E-state index contributed by atoms with van der Waals surface area (Å²) in [6.07, 6.45) is 6.17. The molecule has 1 atom stereocenters. The molecule has 0 heterocycles. The Morgan fingerprint density at radius 2 is 1.83 bits per heavy atom. The van der Waals surface area contributed by atoms with E-state index >= 15 is 0 Å². The lowest BCUT2D eigenvalue weighted by Gasteiger charge is -2.17. The monoisotopic (exact) mass is 268 g/mol. The van der Waals surface area contributed by atoms with Crippen molar-refractivity contribution in [1.29, 1.82) is 0 Å². The lowest BCUT2D eigenvalue weighted by molar-refractivity contribution is 0.453. The first-order chi connectivity index (χ1) is 8.49. The number of benzene rings is 1. The molecular formula is C16H25ClO. The van der Waals surface area contributed by atoms with E-state index in [1.54, 1.807) is 0 Å². The smallest absolute Gasteiger partial charge is 0.122 e. The van der Waals surface area contributed by atoms with E-state index in [-0.39, 0.29) is 0 Å². The molecule has 1 aromatic rings. The zero-order valence-electron chi connectivity index (χ0n) is 12.0. The number of hydrogen-bond acceptors (Lipinski definition) is 1. The molecule has 0 aliphatic rings. The van der Waals surface area contributed by atoms with E-state index in [4.69, 9.17) is 11.6 Å². The Morgan fingerprint density at radius 1 is 1.17 bits per heavy atom. The fraction of sp³-hybridized carbons (Fsp3) is 0.625. The van der Waals surface area contributed by atoms with Gasteiger partial charge in [-0.3, -0.25) is 0 Å². The minimum atomic E-state index is 0.374. The molecular weight excluding hydrogens is 244 g/mol. The minimum absolute atomic E-state index is 0.374. The van der Waals surface area contributed by atoms with Crippen LogP contribution < -0.4 is 0 Å². The molecule has 0 fully saturated rings. The number of phenols is 1. The van der Waals surface area contributed by atoms with Gasteiger partial charge in [0.05, 0.1) is 0 Å². The minimum Gasteiger partial charge on any atom is -0.507 e. The molecule has 0 saturated carbocycles. The summed E-state index contributed by atoms with van der Waals surface area (Å²) in [5, 5.41) is 11.0. The first-order valence-corrected chi connectivity index (χ1v) is 7.35. The molecule has 0 aliphatic heterocycles. The van der Waals surface area contributed by atoms with E-state index in [2.05, 4.69) is 13.8 Å². The molecule has 1 N–H and O–H groups in total. The molecule has 102 valence electrons. The standard InChI is InChI=1S/C16H25ClO/c1-5-6-7-8-9-11(2)14-10-15(17)12(3)13(4)16(14)18/h10-11,18H,5-9H2,1-4H3. The molecule has 0 saturated heterocycles. The van der Waals surface area contributed by atoms with E-state index in [0.29, 0.717) is 11.7 Å². The third kappa shape index (κ3) is 3.65. The van der Waals surface area contributed by atoms with Gasteiger partial charge in [-0.2, -0.15) is 0 Å². The molecule has 18 heavy (non-hydrogen) atoms. The second-order valence-electron chi connectivity index (χ2n) is 5.30. The van der Waals surface area contributed by atoms with Crippen LogP contribution in [0.5, 0.6) is 5.75 Å². The van der Waals surface area contributed by atoms with Gasteiger partial charge in [0.25, 0.3) is 0 Å². The highest BCUT2D eigenvalue weighted by atomic mass is 35.5. The number of rotatable bonds is 6. The van der Waals surface area contributed by atoms with Crippen molar-refractivity contribution in [3.63, 3.8) is 0 Å². The molecule has 0 amide bonds. The third-order valence-electron chi connectivity index (χ3n) is 3.85. The summed E-state index contributed by atoms with van der Waals surface area (Å²) in [5.41, 5.74) is 2.90. The average Bonchev–Trinajstić information content (AvgIpc) is 2.36. The lowest BCUT2D eigenvalue weighted by Crippen LogP contribution is -1.98. The maximum Gasteiger partial charge on any atom is 0.122 e. The summed E-state index contributed by atoms with van der Waals surface area (Å²) in [6, 6.07) is 1.93. The Bertz CT molecular complexity index is 399. The van der Waals surface area contributed by atoms with Gasteiger partial charge in [-0.25, -0.2) is 0 Å². The Labute approximate surface area is 116 Å². The van der Waals surface area contributed by atoms with Gasteiger partial charge >= 0.3 is 0 Å². The second-order valence-corrected chi connectivity index (χ2v) is 5.70. The molecule has 2 heteroatoms. The summed E-state index contributed by atoms with van der Waals surface area (Å²) in [5.74, 6) is 0.804. The predicted molar refractivity (Wildman–Crippen MR) is 79.8 cm³/mol. The van der Waals surface area contributed by atoms with E-state index in [9.17, 15) is 5.11 Å². The van der Waals surface area contributed by atoms with E-state index in [1.165, 1.54) is 25.7 Å². The quantitative estimate of drug-likeness (QED) is 0.653. The van der Waals surface area contributed by atoms with Crippen LogP contribution in [0.2, 0.25) is 5.02 Å². The molecule has 1 aromatic carbocycles. The highest BCUT2D eigenvalue weighted by Crippen LogP contribution is 2.37. The van der Waals surface area contributed by atoms with Crippen LogP contribution in [0, 0.1) is 13.8 Å². The normalized spacial score (nSPS) is 12.7. The lowest BCUT2D eigenvalue weighted by atomic mass is 9.91. The maximum atomic E-state index is 10.2. The van der Waals surface area contributed by atoms with Crippen LogP contribution in [-0.2, 0) is 0 Å². The van der Waals surface area contributed by atoms with Crippen molar-refractivity contribution in [3.8, 4) is 5.75 Å². The van der Waals surface area contributed by atoms with E-state index in [1.807, 2.05) is 19.9 Å². The van der Waals surface area contributed by atoms with Crippen LogP contribution in [0.4, 0.5) is 0 Å². The van der Waals surface area contributed by atoms with Gasteiger partial charge in [0.2, 0.25) is 0 Å². The van der Waals surface area contributed by atoms with Crippen molar-refractivity contribution in [2.24, 2.45) is 0 Å². The van der Waals surface area contributed by atoms with Gasteiger partial charge in [-0.15, -0.1) is 0 Å². The number of aromatic hydroxyl groups is 1. The van der Waals surface area contributed by atoms with Crippen molar-refractivity contribution in [2.45, 2.75) is 65.7 Å². The summed E-state index contributed by atoms with van der Waals surface area (Å²) < 4.78 is 0. The van der Waals surface area contributed by atoms with E-state index in [0.717, 1.165) is 28.1 Å². The highest BCUT2D eigenvalue weighted by molar-refractivity contribution is 6.31. The number of phenolic OH excluding ortho intramolecular Hbond substituents is 1. The molecule has 0 spiro atoms. The van der Waals surface area contributed by atoms with Gasteiger partial charge < -0.3 is 5.11 Å². The number of unbranched alkanes of at least 4 members (excludes halogenated alkanes) is 3. The maximum absolute atomic E-state index is 10.2. The first kappa shape index (κ1) is 15.4. The van der Waals surface area contributed by atoms with Crippen LogP contribution in [0.15, 0.2) is 6.07 Å². The molecule has 1 rings (SSSR count). The van der Waals surface area contributed by atoms with Gasteiger partial charge in [0, 0.05) is 5.02 Å². The summed E-state index contributed by atoms with van der Waals surface area (Å²) in [4.78, 5) is 0. The SMILES string of the molecule is CCCCCCC(C)c1cc(Cl)c(C)c(C)c1O. The van der Waals surface area contributed by atoms with Crippen LogP contribution in [0.1, 0.15) is 68.6 Å². The van der Waals surface area contributed by atoms with E-state index < -0.39 is 0 Å². The predicted octanol–water partition coefficient (Wildman–Crippen LogP) is 5.74. The third-order valence-corrected chi connectivity index (χ3v) is 4.25. The molecule has 1 nitrogen and oxygen atoms in total. The Balaban J connectivity index is 2.77. The molecule has 0 radical (unpaired) electrons.